The molecule has 1 rings (SSSR count). The summed E-state index contributed by atoms with van der Waals surface area (Å²) < 4.78 is 25.0. The van der Waals surface area contributed by atoms with Gasteiger partial charge >= 0.3 is 0 Å². The van der Waals surface area contributed by atoms with Crippen LogP contribution in [-0.4, -0.2) is 4.98 Å². The Morgan fingerprint density at radius 3 is 2.73 bits per heavy atom. The molecule has 0 amide bonds. The smallest absolute Gasteiger partial charge is 0.233 e. The van der Waals surface area contributed by atoms with Crippen LogP contribution in [0.25, 0.3) is 0 Å². The van der Waals surface area contributed by atoms with E-state index in [2.05, 4.69) is 4.98 Å². The van der Waals surface area contributed by atoms with Gasteiger partial charge in [-0.05, 0) is 0 Å². The Bertz CT molecular complexity index is 279. The molecule has 3 N–H and O–H groups in total. The summed E-state index contributed by atoms with van der Waals surface area (Å²) >= 11 is 5.20. The van der Waals surface area contributed by atoms with Gasteiger partial charge in [-0.15, -0.1) is 0 Å². The van der Waals surface area contributed by atoms with Crippen LogP contribution >= 0.6 is 11.6 Å². The number of nitrogens with one attached hydrogen (secondary N) is 1. The van der Waals surface area contributed by atoms with E-state index < -0.39 is 11.8 Å². The summed E-state index contributed by atoms with van der Waals surface area (Å²) in [4.78, 5) is 3.08. The van der Waals surface area contributed by atoms with Gasteiger partial charge in [-0.1, -0.05) is 11.6 Å². The van der Waals surface area contributed by atoms with Gasteiger partial charge in [0, 0.05) is 6.07 Å². The standard InChI is InChI=1S/C5H4ClF2N3/c6-2-1-3(7)5(11-9)10-4(2)8/h1H,9H2,(H,10,11). The molecule has 3 nitrogen and oxygen atoms in total. The number of hydrogen-bond acceptors (Lipinski definition) is 3. The number of anilines is 1. The monoisotopic (exact) mass is 179 g/mol. The second-order valence-corrected chi connectivity index (χ2v) is 2.14. The predicted octanol–water partition coefficient (Wildman–Crippen LogP) is 1.30. The number of nitrogens with zero attached hydrogens (tertiary/aromatic N) is 1. The number of aromatic nitrogens is 1. The zero-order chi connectivity index (χ0) is 8.43. The molecule has 0 saturated carbocycles. The molecular formula is C5H4ClF2N3. The summed E-state index contributed by atoms with van der Waals surface area (Å²) in [6, 6.07) is 0.791. The zero-order valence-electron chi connectivity index (χ0n) is 5.24. The minimum absolute atomic E-state index is 0.369. The van der Waals surface area contributed by atoms with Gasteiger partial charge in [0.2, 0.25) is 5.95 Å². The van der Waals surface area contributed by atoms with Crippen molar-refractivity contribution in [1.82, 2.24) is 4.98 Å². The van der Waals surface area contributed by atoms with E-state index in [1.807, 2.05) is 5.43 Å². The van der Waals surface area contributed by atoms with Gasteiger partial charge in [0.25, 0.3) is 0 Å². The molecule has 6 heteroatoms. The molecule has 0 radical (unpaired) electrons. The van der Waals surface area contributed by atoms with E-state index in [4.69, 9.17) is 17.4 Å². The first-order chi connectivity index (χ1) is 5.15. The van der Waals surface area contributed by atoms with Crippen LogP contribution in [0.5, 0.6) is 0 Å². The van der Waals surface area contributed by atoms with Gasteiger partial charge in [-0.3, -0.25) is 0 Å². The average Bonchev–Trinajstić information content (AvgIpc) is 1.97. The Labute approximate surface area is 66.1 Å². The summed E-state index contributed by atoms with van der Waals surface area (Å²) in [5.41, 5.74) is 1.88. The molecule has 0 atom stereocenters. The topological polar surface area (TPSA) is 50.9 Å². The second kappa shape index (κ2) is 2.98. The number of nitrogens with two attached hydrogens (primary N) is 1. The lowest BCUT2D eigenvalue weighted by Crippen LogP contribution is -2.11. The van der Waals surface area contributed by atoms with Crippen molar-refractivity contribution in [3.8, 4) is 0 Å². The molecule has 0 fully saturated rings. The van der Waals surface area contributed by atoms with Gasteiger partial charge in [-0.25, -0.2) is 10.2 Å². The van der Waals surface area contributed by atoms with E-state index in [1.54, 1.807) is 0 Å². The summed E-state index contributed by atoms with van der Waals surface area (Å²) in [6.07, 6.45) is 0. The highest BCUT2D eigenvalue weighted by Crippen LogP contribution is 2.17. The maximum Gasteiger partial charge on any atom is 0.233 e. The molecule has 1 aromatic rings. The van der Waals surface area contributed by atoms with Crippen LogP contribution in [0.1, 0.15) is 0 Å². The van der Waals surface area contributed by atoms with Crippen molar-refractivity contribution >= 4 is 17.4 Å². The fourth-order valence-electron chi connectivity index (χ4n) is 0.545. The Morgan fingerprint density at radius 2 is 2.18 bits per heavy atom. The number of nitrogen functional groups attached to an aromatic ring is 1. The van der Waals surface area contributed by atoms with E-state index in [0.717, 1.165) is 6.07 Å². The van der Waals surface area contributed by atoms with Crippen molar-refractivity contribution in [2.24, 2.45) is 5.84 Å². The Morgan fingerprint density at radius 1 is 1.55 bits per heavy atom. The van der Waals surface area contributed by atoms with Gasteiger partial charge in [-0.2, -0.15) is 9.37 Å². The lowest BCUT2D eigenvalue weighted by atomic mass is 10.4. The first-order valence-electron chi connectivity index (χ1n) is 2.63. The zero-order valence-corrected chi connectivity index (χ0v) is 5.99. The summed E-state index contributed by atoms with van der Waals surface area (Å²) in [5, 5.41) is -0.374. The maximum absolute atomic E-state index is 12.6. The largest absolute Gasteiger partial charge is 0.306 e. The fraction of sp³-hybridized carbons (Fsp3) is 0. The molecule has 0 aliphatic heterocycles. The van der Waals surface area contributed by atoms with E-state index in [1.165, 1.54) is 0 Å². The SMILES string of the molecule is NNc1nc(F)c(Cl)cc1F. The van der Waals surface area contributed by atoms with E-state index in [0.29, 0.717) is 0 Å². The number of hydrazine groups is 1. The summed E-state index contributed by atoms with van der Waals surface area (Å²) in [5.74, 6) is 2.69. The van der Waals surface area contributed by atoms with E-state index in [-0.39, 0.29) is 10.8 Å². The molecule has 0 aliphatic carbocycles. The number of halogens is 3. The summed E-state index contributed by atoms with van der Waals surface area (Å²) in [7, 11) is 0. The number of hydrogen-bond donors (Lipinski definition) is 2. The van der Waals surface area contributed by atoms with Crippen LogP contribution in [0.2, 0.25) is 5.02 Å². The molecule has 0 saturated heterocycles. The first-order valence-corrected chi connectivity index (χ1v) is 3.01. The highest BCUT2D eigenvalue weighted by molar-refractivity contribution is 6.30. The van der Waals surface area contributed by atoms with Crippen molar-refractivity contribution in [2.45, 2.75) is 0 Å². The van der Waals surface area contributed by atoms with E-state index in [9.17, 15) is 8.78 Å². The van der Waals surface area contributed by atoms with Crippen LogP contribution in [-0.2, 0) is 0 Å². The van der Waals surface area contributed by atoms with Crippen molar-refractivity contribution in [3.63, 3.8) is 0 Å². The summed E-state index contributed by atoms with van der Waals surface area (Å²) in [6.45, 7) is 0. The first kappa shape index (κ1) is 8.16. The van der Waals surface area contributed by atoms with Crippen molar-refractivity contribution in [2.75, 3.05) is 5.43 Å². The second-order valence-electron chi connectivity index (χ2n) is 1.74. The van der Waals surface area contributed by atoms with Crippen LogP contribution in [0.3, 0.4) is 0 Å². The van der Waals surface area contributed by atoms with Crippen LogP contribution < -0.4 is 11.3 Å². The van der Waals surface area contributed by atoms with Crippen LogP contribution in [0.15, 0.2) is 6.07 Å². The fourth-order valence-corrected chi connectivity index (χ4v) is 0.683. The van der Waals surface area contributed by atoms with E-state index >= 15 is 0 Å². The van der Waals surface area contributed by atoms with Crippen molar-refractivity contribution in [3.05, 3.63) is 22.9 Å². The maximum atomic E-state index is 12.6. The molecular weight excluding hydrogens is 176 g/mol. The third kappa shape index (κ3) is 1.55. The number of pyridine rings is 1. The highest BCUT2D eigenvalue weighted by Gasteiger charge is 2.08. The lowest BCUT2D eigenvalue weighted by molar-refractivity contribution is 0.564. The van der Waals surface area contributed by atoms with Gasteiger partial charge in [0.15, 0.2) is 11.6 Å². The van der Waals surface area contributed by atoms with Gasteiger partial charge in [0.1, 0.15) is 0 Å². The normalized spacial score (nSPS) is 9.82. The molecule has 0 aromatic carbocycles. The lowest BCUT2D eigenvalue weighted by Gasteiger charge is -2.00. The molecule has 60 valence electrons. The third-order valence-corrected chi connectivity index (χ3v) is 1.29. The quantitative estimate of drug-likeness (QED) is 0.388. The molecule has 11 heavy (non-hydrogen) atoms. The van der Waals surface area contributed by atoms with Crippen LogP contribution in [0, 0.1) is 11.8 Å². The molecule has 0 bridgehead atoms. The van der Waals surface area contributed by atoms with Gasteiger partial charge < -0.3 is 5.43 Å². The minimum atomic E-state index is -0.957. The molecule has 0 aliphatic rings. The molecule has 1 aromatic heterocycles. The molecule has 0 unspecified atom stereocenters. The van der Waals surface area contributed by atoms with Crippen molar-refractivity contribution < 1.29 is 8.78 Å². The predicted molar refractivity (Wildman–Crippen MR) is 37.0 cm³/mol. The Hall–Kier alpha value is -0.940. The third-order valence-electron chi connectivity index (χ3n) is 1.02. The Kier molecular flexibility index (Phi) is 2.21. The number of rotatable bonds is 1. The minimum Gasteiger partial charge on any atom is -0.306 e. The van der Waals surface area contributed by atoms with Crippen molar-refractivity contribution in [1.29, 1.82) is 0 Å². The average molecular weight is 180 g/mol. The van der Waals surface area contributed by atoms with Gasteiger partial charge in [0.05, 0.1) is 5.02 Å². The highest BCUT2D eigenvalue weighted by atomic mass is 35.5. The molecule has 1 heterocycles. The van der Waals surface area contributed by atoms with Crippen LogP contribution in [0.4, 0.5) is 14.6 Å². The Balaban J connectivity index is 3.21. The molecule has 0 spiro atoms.